The van der Waals surface area contributed by atoms with Gasteiger partial charge in [0.15, 0.2) is 0 Å². The molecular formula is C21H22N2O3S2. The van der Waals surface area contributed by atoms with Crippen molar-refractivity contribution in [2.75, 3.05) is 13.7 Å². The Morgan fingerprint density at radius 1 is 1.07 bits per heavy atom. The number of benzene rings is 1. The fourth-order valence-electron chi connectivity index (χ4n) is 2.80. The molecular weight excluding hydrogens is 392 g/mol. The van der Waals surface area contributed by atoms with E-state index in [1.54, 1.807) is 34.8 Å². The molecule has 0 unspecified atom stereocenters. The zero-order valence-electron chi connectivity index (χ0n) is 15.6. The highest BCUT2D eigenvalue weighted by Gasteiger charge is 2.17. The lowest BCUT2D eigenvalue weighted by Gasteiger charge is -2.23. The number of carbonyl (C=O) groups is 2. The summed E-state index contributed by atoms with van der Waals surface area (Å²) in [5.41, 5.74) is 1.58. The van der Waals surface area contributed by atoms with Gasteiger partial charge in [0.05, 0.1) is 13.7 Å². The van der Waals surface area contributed by atoms with Crippen molar-refractivity contribution < 1.29 is 14.3 Å². The second-order valence-electron chi connectivity index (χ2n) is 6.16. The highest BCUT2D eigenvalue weighted by molar-refractivity contribution is 7.09. The first-order valence-electron chi connectivity index (χ1n) is 8.90. The molecule has 3 rings (SSSR count). The predicted octanol–water partition coefficient (Wildman–Crippen LogP) is 4.17. The summed E-state index contributed by atoms with van der Waals surface area (Å²) in [5.74, 6) is 0.603. The number of hydrogen-bond donors (Lipinski definition) is 1. The van der Waals surface area contributed by atoms with Gasteiger partial charge in [0.25, 0.3) is 5.91 Å². The highest BCUT2D eigenvalue weighted by atomic mass is 32.1. The van der Waals surface area contributed by atoms with E-state index in [4.69, 9.17) is 4.74 Å². The summed E-state index contributed by atoms with van der Waals surface area (Å²) in [6.45, 7) is 1.30. The molecule has 1 aromatic carbocycles. The van der Waals surface area contributed by atoms with Gasteiger partial charge in [0, 0.05) is 40.9 Å². The molecule has 7 heteroatoms. The Morgan fingerprint density at radius 3 is 2.64 bits per heavy atom. The van der Waals surface area contributed by atoms with Crippen LogP contribution >= 0.6 is 22.7 Å². The van der Waals surface area contributed by atoms with Crippen LogP contribution in [-0.2, 0) is 17.9 Å². The third-order valence-corrected chi connectivity index (χ3v) is 5.79. The molecule has 2 amide bonds. The van der Waals surface area contributed by atoms with Gasteiger partial charge in [-0.15, -0.1) is 11.3 Å². The van der Waals surface area contributed by atoms with E-state index in [9.17, 15) is 9.59 Å². The summed E-state index contributed by atoms with van der Waals surface area (Å²) in [7, 11) is 1.63. The van der Waals surface area contributed by atoms with Crippen molar-refractivity contribution in [1.29, 1.82) is 0 Å². The quantitative estimate of drug-likeness (QED) is 0.572. The van der Waals surface area contributed by atoms with E-state index in [1.807, 2.05) is 47.2 Å². The monoisotopic (exact) mass is 414 g/mol. The molecule has 0 aliphatic heterocycles. The Labute approximate surface area is 172 Å². The van der Waals surface area contributed by atoms with Crippen LogP contribution in [0.4, 0.5) is 0 Å². The van der Waals surface area contributed by atoms with Crippen molar-refractivity contribution in [2.45, 2.75) is 19.5 Å². The molecule has 2 aromatic heterocycles. The molecule has 28 heavy (non-hydrogen) atoms. The van der Waals surface area contributed by atoms with E-state index in [1.165, 1.54) is 11.3 Å². The topological polar surface area (TPSA) is 58.6 Å². The van der Waals surface area contributed by atoms with Gasteiger partial charge < -0.3 is 15.0 Å². The normalized spacial score (nSPS) is 10.5. The smallest absolute Gasteiger partial charge is 0.252 e. The van der Waals surface area contributed by atoms with E-state index in [0.717, 1.165) is 16.2 Å². The molecule has 3 aromatic rings. The minimum Gasteiger partial charge on any atom is -0.496 e. The molecule has 0 bridgehead atoms. The van der Waals surface area contributed by atoms with Crippen LogP contribution in [0.25, 0.3) is 0 Å². The van der Waals surface area contributed by atoms with Crippen LogP contribution in [0, 0.1) is 0 Å². The average molecular weight is 415 g/mol. The minimum atomic E-state index is -0.149. The summed E-state index contributed by atoms with van der Waals surface area (Å²) in [6, 6.07) is 13.5. The SMILES string of the molecule is COc1ccccc1CN(Cc1cccs1)C(=O)CCNC(=O)c1ccsc1. The largest absolute Gasteiger partial charge is 0.496 e. The minimum absolute atomic E-state index is 0.00933. The first kappa shape index (κ1) is 20.1. The summed E-state index contributed by atoms with van der Waals surface area (Å²) >= 11 is 3.10. The second-order valence-corrected chi connectivity index (χ2v) is 7.97. The van der Waals surface area contributed by atoms with E-state index >= 15 is 0 Å². The van der Waals surface area contributed by atoms with Crippen molar-refractivity contribution in [1.82, 2.24) is 10.2 Å². The maximum atomic E-state index is 12.9. The van der Waals surface area contributed by atoms with Crippen LogP contribution in [0.15, 0.2) is 58.6 Å². The predicted molar refractivity (Wildman–Crippen MR) is 113 cm³/mol. The van der Waals surface area contributed by atoms with Gasteiger partial charge in [-0.2, -0.15) is 11.3 Å². The number of amides is 2. The summed E-state index contributed by atoms with van der Waals surface area (Å²) in [5, 5.41) is 8.47. The molecule has 5 nitrogen and oxygen atoms in total. The van der Waals surface area contributed by atoms with Crippen molar-refractivity contribution in [3.63, 3.8) is 0 Å². The van der Waals surface area contributed by atoms with E-state index < -0.39 is 0 Å². The van der Waals surface area contributed by atoms with Crippen molar-refractivity contribution in [2.24, 2.45) is 0 Å². The number of para-hydroxylation sites is 1. The number of thiophene rings is 2. The van der Waals surface area contributed by atoms with Crippen LogP contribution in [-0.4, -0.2) is 30.4 Å². The molecule has 1 N–H and O–H groups in total. The van der Waals surface area contributed by atoms with Gasteiger partial charge in [-0.3, -0.25) is 9.59 Å². The summed E-state index contributed by atoms with van der Waals surface area (Å²) in [4.78, 5) is 27.8. The molecule has 0 saturated heterocycles. The molecule has 0 fully saturated rings. The molecule has 0 saturated carbocycles. The number of ether oxygens (including phenoxy) is 1. The van der Waals surface area contributed by atoms with Crippen LogP contribution in [0.1, 0.15) is 27.2 Å². The number of hydrogen-bond acceptors (Lipinski definition) is 5. The lowest BCUT2D eigenvalue weighted by molar-refractivity contribution is -0.132. The number of methoxy groups -OCH3 is 1. The first-order chi connectivity index (χ1) is 13.7. The summed E-state index contributed by atoms with van der Waals surface area (Å²) in [6.07, 6.45) is 0.246. The first-order valence-corrected chi connectivity index (χ1v) is 10.7. The molecule has 146 valence electrons. The Bertz CT molecular complexity index is 892. The third-order valence-electron chi connectivity index (χ3n) is 4.24. The molecule has 0 aliphatic carbocycles. The highest BCUT2D eigenvalue weighted by Crippen LogP contribution is 2.22. The lowest BCUT2D eigenvalue weighted by Crippen LogP contribution is -2.33. The van der Waals surface area contributed by atoms with E-state index in [0.29, 0.717) is 25.2 Å². The number of rotatable bonds is 9. The van der Waals surface area contributed by atoms with Gasteiger partial charge in [-0.05, 0) is 29.0 Å². The van der Waals surface area contributed by atoms with Gasteiger partial charge >= 0.3 is 0 Å². The lowest BCUT2D eigenvalue weighted by atomic mass is 10.1. The average Bonchev–Trinajstić information content (AvgIpc) is 3.42. The van der Waals surface area contributed by atoms with Gasteiger partial charge in [0.2, 0.25) is 5.91 Å². The fourth-order valence-corrected chi connectivity index (χ4v) is 4.15. The molecule has 0 radical (unpaired) electrons. The van der Waals surface area contributed by atoms with Crippen molar-refractivity contribution in [3.05, 3.63) is 74.6 Å². The second kappa shape index (κ2) is 10.1. The standard InChI is InChI=1S/C21H22N2O3S2/c1-26-19-7-3-2-5-16(19)13-23(14-18-6-4-11-28-18)20(24)8-10-22-21(25)17-9-12-27-15-17/h2-7,9,11-12,15H,8,10,13-14H2,1H3,(H,22,25). The maximum absolute atomic E-state index is 12.9. The van der Waals surface area contributed by atoms with Gasteiger partial charge in [-0.25, -0.2) is 0 Å². The Hall–Kier alpha value is -2.64. The van der Waals surface area contributed by atoms with Crippen LogP contribution < -0.4 is 10.1 Å². The zero-order chi connectivity index (χ0) is 19.8. The van der Waals surface area contributed by atoms with Crippen LogP contribution in [0.2, 0.25) is 0 Å². The van der Waals surface area contributed by atoms with E-state index in [-0.39, 0.29) is 18.2 Å². The molecule has 2 heterocycles. The van der Waals surface area contributed by atoms with Crippen molar-refractivity contribution in [3.8, 4) is 5.75 Å². The van der Waals surface area contributed by atoms with E-state index in [2.05, 4.69) is 5.32 Å². The van der Waals surface area contributed by atoms with Crippen LogP contribution in [0.3, 0.4) is 0 Å². The molecule has 0 aliphatic rings. The Balaban J connectivity index is 1.63. The Morgan fingerprint density at radius 2 is 1.93 bits per heavy atom. The fraction of sp³-hybridized carbons (Fsp3) is 0.238. The Kier molecular flexibility index (Phi) is 7.22. The number of carbonyl (C=O) groups excluding carboxylic acids is 2. The molecule has 0 spiro atoms. The van der Waals surface area contributed by atoms with Gasteiger partial charge in [0.1, 0.15) is 5.75 Å². The molecule has 0 atom stereocenters. The maximum Gasteiger partial charge on any atom is 0.252 e. The van der Waals surface area contributed by atoms with Gasteiger partial charge in [-0.1, -0.05) is 24.3 Å². The third kappa shape index (κ3) is 5.43. The number of nitrogens with one attached hydrogen (secondary N) is 1. The van der Waals surface area contributed by atoms with Crippen LogP contribution in [0.5, 0.6) is 5.75 Å². The number of nitrogens with zero attached hydrogens (tertiary/aromatic N) is 1. The zero-order valence-corrected chi connectivity index (χ0v) is 17.2. The summed E-state index contributed by atoms with van der Waals surface area (Å²) < 4.78 is 5.42. The van der Waals surface area contributed by atoms with Crippen molar-refractivity contribution >= 4 is 34.5 Å².